The Bertz CT molecular complexity index is 578. The second-order valence-electron chi connectivity index (χ2n) is 6.03. The van der Waals surface area contributed by atoms with Gasteiger partial charge in [0.2, 0.25) is 0 Å². The Labute approximate surface area is 139 Å². The highest BCUT2D eigenvalue weighted by molar-refractivity contribution is 9.10. The number of halogens is 2. The second kappa shape index (κ2) is 6.41. The fraction of sp³-hybridized carbons (Fsp3) is 0.438. The summed E-state index contributed by atoms with van der Waals surface area (Å²) in [5, 5.41) is 0.697. The van der Waals surface area contributed by atoms with Crippen molar-refractivity contribution in [1.82, 2.24) is 4.90 Å². The van der Waals surface area contributed by atoms with E-state index in [1.807, 2.05) is 39.0 Å². The number of carbonyl (C=O) groups is 1. The van der Waals surface area contributed by atoms with Gasteiger partial charge in [0.05, 0.1) is 5.02 Å². The van der Waals surface area contributed by atoms with Crippen LogP contribution in [0.1, 0.15) is 32.8 Å². The molecule has 0 unspecified atom stereocenters. The Morgan fingerprint density at radius 1 is 1.38 bits per heavy atom. The number of benzene rings is 1. The number of carbonyl (C=O) groups excluding carboxylic acids is 1. The minimum Gasteiger partial charge on any atom is -0.444 e. The Hall–Kier alpha value is -1.000. The molecule has 0 bridgehead atoms. The number of amides is 1. The van der Waals surface area contributed by atoms with Gasteiger partial charge in [0, 0.05) is 17.6 Å². The first-order valence-corrected chi connectivity index (χ1v) is 8.06. The lowest BCUT2D eigenvalue weighted by atomic mass is 10.00. The van der Waals surface area contributed by atoms with Crippen LogP contribution in [0.5, 0.6) is 0 Å². The van der Waals surface area contributed by atoms with Crippen LogP contribution in [0.3, 0.4) is 0 Å². The standard InChI is InChI=1S/C16H19BrClNO2/c1-16(2,3)21-15(20)19-8-6-11(7-9-19)12-4-5-13(17)14(18)10-12/h4-6,10H,7-9H2,1-3H3. The van der Waals surface area contributed by atoms with Crippen LogP contribution in [0, 0.1) is 0 Å². The molecule has 0 saturated carbocycles. The van der Waals surface area contributed by atoms with Gasteiger partial charge in [-0.3, -0.25) is 0 Å². The molecule has 114 valence electrons. The van der Waals surface area contributed by atoms with Crippen molar-refractivity contribution in [1.29, 1.82) is 0 Å². The number of hydrogen-bond acceptors (Lipinski definition) is 2. The van der Waals surface area contributed by atoms with Gasteiger partial charge in [-0.15, -0.1) is 0 Å². The van der Waals surface area contributed by atoms with Crippen molar-refractivity contribution in [2.45, 2.75) is 32.8 Å². The van der Waals surface area contributed by atoms with E-state index in [0.29, 0.717) is 18.1 Å². The Kier molecular flexibility index (Phi) is 4.99. The van der Waals surface area contributed by atoms with Crippen LogP contribution in [0.15, 0.2) is 28.7 Å². The average Bonchev–Trinajstić information content (AvgIpc) is 2.40. The third-order valence-corrected chi connectivity index (χ3v) is 4.38. The molecular weight excluding hydrogens is 354 g/mol. The van der Waals surface area contributed by atoms with E-state index in [9.17, 15) is 4.79 Å². The highest BCUT2D eigenvalue weighted by atomic mass is 79.9. The molecule has 1 aliphatic rings. The SMILES string of the molecule is CC(C)(C)OC(=O)N1CC=C(c2ccc(Br)c(Cl)c2)CC1. The highest BCUT2D eigenvalue weighted by Crippen LogP contribution is 2.29. The monoisotopic (exact) mass is 371 g/mol. The van der Waals surface area contributed by atoms with Crippen LogP contribution in [0.2, 0.25) is 5.02 Å². The summed E-state index contributed by atoms with van der Waals surface area (Å²) in [5.41, 5.74) is 1.86. The topological polar surface area (TPSA) is 29.5 Å². The zero-order chi connectivity index (χ0) is 15.6. The molecule has 1 aliphatic heterocycles. The number of rotatable bonds is 1. The zero-order valence-corrected chi connectivity index (χ0v) is 14.8. The Morgan fingerprint density at radius 3 is 2.62 bits per heavy atom. The van der Waals surface area contributed by atoms with Gasteiger partial charge in [-0.25, -0.2) is 4.79 Å². The number of hydrogen-bond donors (Lipinski definition) is 0. The van der Waals surface area contributed by atoms with E-state index in [1.165, 1.54) is 5.57 Å². The fourth-order valence-corrected chi connectivity index (χ4v) is 2.55. The van der Waals surface area contributed by atoms with Gasteiger partial charge < -0.3 is 9.64 Å². The van der Waals surface area contributed by atoms with Crippen molar-refractivity contribution in [3.05, 3.63) is 39.3 Å². The van der Waals surface area contributed by atoms with E-state index >= 15 is 0 Å². The molecule has 0 radical (unpaired) electrons. The van der Waals surface area contributed by atoms with Crippen LogP contribution in [0.4, 0.5) is 4.79 Å². The average molecular weight is 373 g/mol. The maximum Gasteiger partial charge on any atom is 0.410 e. The van der Waals surface area contributed by atoms with Crippen molar-refractivity contribution >= 4 is 39.2 Å². The van der Waals surface area contributed by atoms with E-state index in [0.717, 1.165) is 16.5 Å². The van der Waals surface area contributed by atoms with E-state index in [2.05, 4.69) is 22.0 Å². The van der Waals surface area contributed by atoms with Gasteiger partial charge in [0.25, 0.3) is 0 Å². The van der Waals surface area contributed by atoms with Crippen molar-refractivity contribution in [3.63, 3.8) is 0 Å². The minimum absolute atomic E-state index is 0.258. The summed E-state index contributed by atoms with van der Waals surface area (Å²) in [5.74, 6) is 0. The maximum absolute atomic E-state index is 12.0. The summed E-state index contributed by atoms with van der Waals surface area (Å²) in [6, 6.07) is 5.92. The molecule has 5 heteroatoms. The molecule has 0 aromatic heterocycles. The van der Waals surface area contributed by atoms with Gasteiger partial charge in [-0.1, -0.05) is 23.7 Å². The summed E-state index contributed by atoms with van der Waals surface area (Å²) >= 11 is 9.52. The number of nitrogens with zero attached hydrogens (tertiary/aromatic N) is 1. The summed E-state index contributed by atoms with van der Waals surface area (Å²) in [4.78, 5) is 13.7. The summed E-state index contributed by atoms with van der Waals surface area (Å²) < 4.78 is 6.27. The second-order valence-corrected chi connectivity index (χ2v) is 7.30. The highest BCUT2D eigenvalue weighted by Gasteiger charge is 2.23. The van der Waals surface area contributed by atoms with Crippen molar-refractivity contribution in [2.75, 3.05) is 13.1 Å². The molecule has 0 spiro atoms. The molecule has 1 amide bonds. The van der Waals surface area contributed by atoms with Crippen molar-refractivity contribution in [3.8, 4) is 0 Å². The van der Waals surface area contributed by atoms with Gasteiger partial charge in [0.1, 0.15) is 5.60 Å². The lowest BCUT2D eigenvalue weighted by Crippen LogP contribution is -2.39. The molecule has 0 aliphatic carbocycles. The van der Waals surface area contributed by atoms with E-state index in [4.69, 9.17) is 16.3 Å². The molecule has 21 heavy (non-hydrogen) atoms. The van der Waals surface area contributed by atoms with Crippen LogP contribution in [0.25, 0.3) is 5.57 Å². The molecule has 0 saturated heterocycles. The molecule has 0 N–H and O–H groups in total. The molecule has 2 rings (SSSR count). The molecule has 0 fully saturated rings. The van der Waals surface area contributed by atoms with E-state index in [-0.39, 0.29) is 6.09 Å². The first-order chi connectivity index (χ1) is 9.76. The Morgan fingerprint density at radius 2 is 2.10 bits per heavy atom. The lowest BCUT2D eigenvalue weighted by Gasteiger charge is -2.29. The predicted molar refractivity (Wildman–Crippen MR) is 89.6 cm³/mol. The first-order valence-electron chi connectivity index (χ1n) is 6.88. The largest absolute Gasteiger partial charge is 0.444 e. The van der Waals surface area contributed by atoms with E-state index < -0.39 is 5.60 Å². The van der Waals surface area contributed by atoms with Gasteiger partial charge in [-0.05, 0) is 66.4 Å². The fourth-order valence-electron chi connectivity index (χ4n) is 2.12. The maximum atomic E-state index is 12.0. The third-order valence-electron chi connectivity index (χ3n) is 3.15. The molecule has 1 aromatic rings. The summed E-state index contributed by atoms with van der Waals surface area (Å²) in [6.07, 6.45) is 2.61. The van der Waals surface area contributed by atoms with Crippen LogP contribution >= 0.6 is 27.5 Å². The quantitative estimate of drug-likeness (QED) is 0.684. The van der Waals surface area contributed by atoms with Crippen LogP contribution in [-0.4, -0.2) is 29.7 Å². The smallest absolute Gasteiger partial charge is 0.410 e. The molecule has 1 heterocycles. The third kappa shape index (κ3) is 4.48. The summed E-state index contributed by atoms with van der Waals surface area (Å²) in [7, 11) is 0. The zero-order valence-electron chi connectivity index (χ0n) is 12.5. The van der Waals surface area contributed by atoms with Gasteiger partial charge in [-0.2, -0.15) is 0 Å². The Balaban J connectivity index is 2.05. The molecule has 3 nitrogen and oxygen atoms in total. The molecule has 1 aromatic carbocycles. The van der Waals surface area contributed by atoms with Crippen LogP contribution in [-0.2, 0) is 4.74 Å². The van der Waals surface area contributed by atoms with Crippen molar-refractivity contribution < 1.29 is 9.53 Å². The number of ether oxygens (including phenoxy) is 1. The minimum atomic E-state index is -0.458. The molecule has 0 atom stereocenters. The van der Waals surface area contributed by atoms with Crippen molar-refractivity contribution in [2.24, 2.45) is 0 Å². The molecular formula is C16H19BrClNO2. The lowest BCUT2D eigenvalue weighted by molar-refractivity contribution is 0.0270. The normalized spacial score (nSPS) is 15.7. The van der Waals surface area contributed by atoms with E-state index in [1.54, 1.807) is 4.90 Å². The van der Waals surface area contributed by atoms with Crippen LogP contribution < -0.4 is 0 Å². The van der Waals surface area contributed by atoms with Gasteiger partial charge >= 0.3 is 6.09 Å². The summed E-state index contributed by atoms with van der Waals surface area (Å²) in [6.45, 7) is 6.85. The van der Waals surface area contributed by atoms with Gasteiger partial charge in [0.15, 0.2) is 0 Å². The predicted octanol–water partition coefficient (Wildman–Crippen LogP) is 5.13. The first kappa shape index (κ1) is 16.4.